The van der Waals surface area contributed by atoms with E-state index in [9.17, 15) is 9.59 Å². The summed E-state index contributed by atoms with van der Waals surface area (Å²) in [6.45, 7) is 3.14. The molecule has 0 fully saturated rings. The van der Waals surface area contributed by atoms with Crippen molar-refractivity contribution in [2.45, 2.75) is 32.9 Å². The second kappa shape index (κ2) is 8.21. The first-order chi connectivity index (χ1) is 10.7. The van der Waals surface area contributed by atoms with Crippen LogP contribution in [0.15, 0.2) is 46.2 Å². The summed E-state index contributed by atoms with van der Waals surface area (Å²) >= 11 is 0. The summed E-state index contributed by atoms with van der Waals surface area (Å²) in [5, 5.41) is 0. The monoisotopic (exact) mass is 336 g/mol. The minimum absolute atomic E-state index is 0. The Morgan fingerprint density at radius 1 is 1.17 bits per heavy atom. The zero-order chi connectivity index (χ0) is 15.5. The molecule has 2 aromatic heterocycles. The summed E-state index contributed by atoms with van der Waals surface area (Å²) in [4.78, 5) is 32.1. The summed E-state index contributed by atoms with van der Waals surface area (Å²) in [5.74, 6) is 0. The van der Waals surface area contributed by atoms with Crippen molar-refractivity contribution < 1.29 is 51.4 Å². The molecule has 3 aromatic rings. The van der Waals surface area contributed by atoms with Gasteiger partial charge in [-0.3, -0.25) is 9.59 Å². The standard InChI is InChI=1S/C16H18N4O2.K/c1-2-3-9-19-11-17-14-13(19)15(21)18-16(22)20(14)10-12-7-5-4-6-8-12;/h4-8,11H,2-3,9-10H2,1H3,(H,18,21,22);/q;+1/p-1. The molecule has 0 radical (unpaired) electrons. The fourth-order valence-corrected chi connectivity index (χ4v) is 2.48. The number of unbranched alkanes of at least 4 members (excludes halogenated alkanes) is 1. The van der Waals surface area contributed by atoms with E-state index in [0.29, 0.717) is 24.3 Å². The summed E-state index contributed by atoms with van der Waals surface area (Å²) < 4.78 is 3.24. The Hall–Kier alpha value is -0.994. The van der Waals surface area contributed by atoms with Crippen LogP contribution < -0.4 is 67.6 Å². The molecule has 23 heavy (non-hydrogen) atoms. The number of hydrogen-bond acceptors (Lipinski definition) is 3. The third-order valence-electron chi connectivity index (χ3n) is 3.64. The van der Waals surface area contributed by atoms with E-state index in [1.54, 1.807) is 10.9 Å². The molecule has 3 rings (SSSR count). The van der Waals surface area contributed by atoms with E-state index in [1.165, 1.54) is 4.57 Å². The number of rotatable bonds is 5. The number of aryl methyl sites for hydroxylation is 1. The van der Waals surface area contributed by atoms with E-state index < -0.39 is 11.2 Å². The van der Waals surface area contributed by atoms with Crippen molar-refractivity contribution in [2.24, 2.45) is 0 Å². The molecular formula is C16H17KN4O2. The fourth-order valence-electron chi connectivity index (χ4n) is 2.48. The first kappa shape index (κ1) is 18.3. The average molecular weight is 336 g/mol. The molecule has 7 heteroatoms. The Kier molecular flexibility index (Phi) is 6.55. The van der Waals surface area contributed by atoms with E-state index >= 15 is 0 Å². The SMILES string of the molecule is CCCCn1cnc2c1c(=O)[n-]c(=O)n2Cc1ccccc1.[K+]. The van der Waals surface area contributed by atoms with Gasteiger partial charge >= 0.3 is 51.4 Å². The molecule has 0 aliphatic rings. The zero-order valence-corrected chi connectivity index (χ0v) is 16.5. The molecule has 114 valence electrons. The van der Waals surface area contributed by atoms with E-state index in [2.05, 4.69) is 16.9 Å². The first-order valence-electron chi connectivity index (χ1n) is 7.37. The van der Waals surface area contributed by atoms with Gasteiger partial charge in [0.1, 0.15) is 5.52 Å². The predicted molar refractivity (Wildman–Crippen MR) is 84.0 cm³/mol. The maximum atomic E-state index is 12.1. The molecule has 0 aliphatic heterocycles. The number of fused-ring (bicyclic) bond motifs is 1. The molecule has 0 spiro atoms. The van der Waals surface area contributed by atoms with Crippen molar-refractivity contribution in [3.8, 4) is 0 Å². The normalized spacial score (nSPS) is 10.7. The van der Waals surface area contributed by atoms with Gasteiger partial charge in [-0.25, -0.2) is 4.98 Å². The second-order valence-electron chi connectivity index (χ2n) is 5.24. The number of benzene rings is 1. The van der Waals surface area contributed by atoms with Crippen LogP contribution in [0.4, 0.5) is 0 Å². The van der Waals surface area contributed by atoms with Crippen molar-refractivity contribution in [2.75, 3.05) is 0 Å². The molecule has 0 saturated heterocycles. The zero-order valence-electron chi connectivity index (χ0n) is 13.4. The smallest absolute Gasteiger partial charge is 0.389 e. The van der Waals surface area contributed by atoms with Crippen molar-refractivity contribution in [3.05, 3.63) is 63.1 Å². The number of imidazole rings is 1. The molecular weight excluding hydrogens is 319 g/mol. The topological polar surface area (TPSA) is 71.0 Å². The van der Waals surface area contributed by atoms with Crippen LogP contribution in [0.2, 0.25) is 0 Å². The van der Waals surface area contributed by atoms with Crippen LogP contribution in [0.5, 0.6) is 0 Å². The Morgan fingerprint density at radius 2 is 1.91 bits per heavy atom. The molecule has 0 unspecified atom stereocenters. The Bertz CT molecular complexity index is 896. The van der Waals surface area contributed by atoms with Gasteiger partial charge in [-0.1, -0.05) is 43.7 Å². The van der Waals surface area contributed by atoms with Crippen molar-refractivity contribution in [3.63, 3.8) is 0 Å². The van der Waals surface area contributed by atoms with Crippen LogP contribution in [0.1, 0.15) is 25.3 Å². The minimum Gasteiger partial charge on any atom is -0.389 e. The van der Waals surface area contributed by atoms with Gasteiger partial charge in [0.05, 0.1) is 12.0 Å². The molecule has 6 nitrogen and oxygen atoms in total. The Morgan fingerprint density at radius 3 is 2.61 bits per heavy atom. The Balaban J connectivity index is 0.00000192. The number of nitrogens with zero attached hydrogens (tertiary/aromatic N) is 4. The minimum atomic E-state index is -0.554. The van der Waals surface area contributed by atoms with Crippen LogP contribution in [-0.2, 0) is 13.1 Å². The molecule has 0 aliphatic carbocycles. The van der Waals surface area contributed by atoms with Gasteiger partial charge in [0.2, 0.25) is 0 Å². The third kappa shape index (κ3) is 3.92. The van der Waals surface area contributed by atoms with Crippen molar-refractivity contribution in [1.29, 1.82) is 0 Å². The quantitative estimate of drug-likeness (QED) is 0.525. The van der Waals surface area contributed by atoms with Crippen LogP contribution in [0, 0.1) is 0 Å². The third-order valence-corrected chi connectivity index (χ3v) is 3.64. The van der Waals surface area contributed by atoms with E-state index in [0.717, 1.165) is 18.4 Å². The molecule has 0 amide bonds. The average Bonchev–Trinajstić information content (AvgIpc) is 2.94. The van der Waals surface area contributed by atoms with Gasteiger partial charge in [-0.05, 0) is 18.5 Å². The summed E-state index contributed by atoms with van der Waals surface area (Å²) in [5.41, 5.74) is 0.725. The van der Waals surface area contributed by atoms with Gasteiger partial charge < -0.3 is 14.1 Å². The largest absolute Gasteiger partial charge is 1.00 e. The van der Waals surface area contributed by atoms with Crippen LogP contribution >= 0.6 is 0 Å². The number of hydrogen-bond donors (Lipinski definition) is 0. The van der Waals surface area contributed by atoms with Crippen molar-refractivity contribution in [1.82, 2.24) is 19.1 Å². The first-order valence-corrected chi connectivity index (χ1v) is 7.37. The summed E-state index contributed by atoms with van der Waals surface area (Å²) in [6.07, 6.45) is 3.58. The maximum absolute atomic E-state index is 12.1. The molecule has 0 bridgehead atoms. The van der Waals surface area contributed by atoms with E-state index in [4.69, 9.17) is 0 Å². The van der Waals surface area contributed by atoms with Gasteiger partial charge in [-0.2, -0.15) is 0 Å². The van der Waals surface area contributed by atoms with Gasteiger partial charge in [0.25, 0.3) is 0 Å². The molecule has 2 heterocycles. The van der Waals surface area contributed by atoms with Gasteiger partial charge in [0.15, 0.2) is 11.2 Å². The summed E-state index contributed by atoms with van der Waals surface area (Å²) in [6, 6.07) is 9.59. The summed E-state index contributed by atoms with van der Waals surface area (Å²) in [7, 11) is 0. The molecule has 0 N–H and O–H groups in total. The Labute approximate surface area is 176 Å². The van der Waals surface area contributed by atoms with E-state index in [-0.39, 0.29) is 51.4 Å². The van der Waals surface area contributed by atoms with E-state index in [1.807, 2.05) is 30.3 Å². The van der Waals surface area contributed by atoms with Gasteiger partial charge in [-0.15, -0.1) is 0 Å². The predicted octanol–water partition coefficient (Wildman–Crippen LogP) is -1.63. The molecule has 1 aromatic carbocycles. The van der Waals surface area contributed by atoms with Crippen molar-refractivity contribution >= 4 is 11.2 Å². The fraction of sp³-hybridized carbons (Fsp3) is 0.312. The van der Waals surface area contributed by atoms with Crippen LogP contribution in [-0.4, -0.2) is 14.1 Å². The van der Waals surface area contributed by atoms with Gasteiger partial charge in [0, 0.05) is 6.54 Å². The molecule has 0 atom stereocenters. The maximum Gasteiger partial charge on any atom is 1.00 e. The second-order valence-corrected chi connectivity index (χ2v) is 5.24. The number of aromatic nitrogens is 4. The van der Waals surface area contributed by atoms with Crippen LogP contribution in [0.25, 0.3) is 11.2 Å². The van der Waals surface area contributed by atoms with Crippen LogP contribution in [0.3, 0.4) is 0 Å². The molecule has 0 saturated carbocycles.